The second kappa shape index (κ2) is 17.7. The van der Waals surface area contributed by atoms with E-state index in [0.29, 0.717) is 11.1 Å². The van der Waals surface area contributed by atoms with Gasteiger partial charge in [-0.15, -0.1) is 22.9 Å². The Hall–Kier alpha value is -4.64. The predicted molar refractivity (Wildman–Crippen MR) is 218 cm³/mol. The van der Waals surface area contributed by atoms with Crippen LogP contribution in [0.15, 0.2) is 77.1 Å². The van der Waals surface area contributed by atoms with Gasteiger partial charge in [0.2, 0.25) is 5.60 Å². The Bertz CT molecular complexity index is 2120. The van der Waals surface area contributed by atoms with Crippen LogP contribution >= 0.6 is 34.5 Å². The van der Waals surface area contributed by atoms with E-state index in [2.05, 4.69) is 15.5 Å². The molecule has 3 atom stereocenters. The summed E-state index contributed by atoms with van der Waals surface area (Å²) in [6.07, 6.45) is -1.15. The standard InChI is InChI=1S/C40H44Cl2N4O10S2/c1-38(2,3)54-26(47)19-25-43-27(32(42)57-25)28(45-56-40(7,8)37(51)55-39(4,5)6)33(48)44-29-34(49)46-30(24(20-41)21-58(52)35(29)46)36(50)53-31(22-15-11-9-12-16-22)23-17-13-10-14-18-23/h9-18,29,31,35H,19-21H2,1-8H3,(H,44,48)/b45-28-/t29-,35-,58?/m1/s1. The normalized spacial score (nSPS) is 18.6. The molecule has 2 aliphatic heterocycles. The molecule has 0 bridgehead atoms. The first kappa shape index (κ1) is 44.5. The molecule has 18 heteroatoms. The summed E-state index contributed by atoms with van der Waals surface area (Å²) in [6, 6.07) is 16.6. The number of amides is 2. The smallest absolute Gasteiger partial charge is 0.356 e. The average Bonchev–Trinajstić information content (AvgIpc) is 3.49. The molecule has 0 radical (unpaired) electrons. The summed E-state index contributed by atoms with van der Waals surface area (Å²) < 4.78 is 30.5. The van der Waals surface area contributed by atoms with Crippen molar-refractivity contribution in [3.63, 3.8) is 0 Å². The van der Waals surface area contributed by atoms with Crippen LogP contribution in [-0.4, -0.2) is 89.4 Å². The lowest BCUT2D eigenvalue weighted by Gasteiger charge is -2.49. The van der Waals surface area contributed by atoms with Crippen molar-refractivity contribution in [3.8, 4) is 0 Å². The van der Waals surface area contributed by atoms with Gasteiger partial charge in [-0.25, -0.2) is 14.6 Å². The number of ether oxygens (including phenoxy) is 3. The van der Waals surface area contributed by atoms with E-state index in [1.54, 1.807) is 90.1 Å². The molecule has 0 aliphatic carbocycles. The number of carbonyl (C=O) groups excluding carboxylic acids is 5. The lowest BCUT2D eigenvalue weighted by atomic mass is 10.0. The molecule has 2 aliphatic rings. The SMILES string of the molecule is CC(C)(C)OC(=O)Cc1nc(/C(=N/OC(C)(C)C(=O)OC(C)(C)C)C(=O)N[C@@H]2C(=O)N3C(C(=O)OC(c4ccccc4)c4ccccc4)=C(CCl)CS(=O)[C@H]23)c(Cl)s1. The fourth-order valence-corrected chi connectivity index (χ4v) is 8.95. The van der Waals surface area contributed by atoms with Crippen molar-refractivity contribution < 1.29 is 47.2 Å². The van der Waals surface area contributed by atoms with Gasteiger partial charge in [-0.3, -0.25) is 23.5 Å². The highest BCUT2D eigenvalue weighted by molar-refractivity contribution is 7.86. The van der Waals surface area contributed by atoms with Gasteiger partial charge in [0.25, 0.3) is 11.8 Å². The third-order valence-corrected chi connectivity index (χ3v) is 11.5. The van der Waals surface area contributed by atoms with E-state index in [-0.39, 0.29) is 44.4 Å². The number of aromatic nitrogens is 1. The van der Waals surface area contributed by atoms with E-state index in [0.717, 1.165) is 16.2 Å². The Kier molecular flexibility index (Phi) is 13.6. The van der Waals surface area contributed by atoms with Crippen molar-refractivity contribution in [2.24, 2.45) is 5.16 Å². The van der Waals surface area contributed by atoms with Crippen LogP contribution in [-0.2, 0) is 60.2 Å². The number of fused-ring (bicyclic) bond motifs is 1. The van der Waals surface area contributed by atoms with E-state index in [9.17, 15) is 28.2 Å². The summed E-state index contributed by atoms with van der Waals surface area (Å²) in [5.74, 6) is -4.51. The zero-order valence-electron chi connectivity index (χ0n) is 33.1. The van der Waals surface area contributed by atoms with Gasteiger partial charge in [0.1, 0.15) is 43.4 Å². The molecule has 310 valence electrons. The molecule has 2 amide bonds. The summed E-state index contributed by atoms with van der Waals surface area (Å²) in [5.41, 5.74) is -2.78. The van der Waals surface area contributed by atoms with Crippen molar-refractivity contribution in [3.05, 3.63) is 98.1 Å². The number of hydrogen-bond acceptors (Lipinski definition) is 13. The molecular weight excluding hydrogens is 831 g/mol. The zero-order valence-corrected chi connectivity index (χ0v) is 36.3. The Labute approximate surface area is 352 Å². The highest BCUT2D eigenvalue weighted by atomic mass is 35.5. The van der Waals surface area contributed by atoms with Crippen LogP contribution < -0.4 is 5.32 Å². The van der Waals surface area contributed by atoms with Crippen molar-refractivity contribution in [1.29, 1.82) is 0 Å². The Morgan fingerprint density at radius 3 is 2.05 bits per heavy atom. The minimum Gasteiger partial charge on any atom is -0.460 e. The van der Waals surface area contributed by atoms with Crippen molar-refractivity contribution in [1.82, 2.24) is 15.2 Å². The highest BCUT2D eigenvalue weighted by Crippen LogP contribution is 2.38. The summed E-state index contributed by atoms with van der Waals surface area (Å²) in [5, 5.41) is 5.51. The van der Waals surface area contributed by atoms with Gasteiger partial charge >= 0.3 is 17.9 Å². The lowest BCUT2D eigenvalue weighted by molar-refractivity contribution is -0.179. The molecule has 1 aromatic heterocycles. The monoisotopic (exact) mass is 874 g/mol. The number of nitrogens with zero attached hydrogens (tertiary/aromatic N) is 3. The van der Waals surface area contributed by atoms with Crippen LogP contribution in [0, 0.1) is 0 Å². The van der Waals surface area contributed by atoms with Gasteiger partial charge in [0.05, 0.1) is 23.0 Å². The third kappa shape index (κ3) is 10.5. The largest absolute Gasteiger partial charge is 0.460 e. The topological polar surface area (TPSA) is 180 Å². The summed E-state index contributed by atoms with van der Waals surface area (Å²) in [7, 11) is -1.84. The Balaban J connectivity index is 1.44. The first-order valence-electron chi connectivity index (χ1n) is 18.1. The first-order valence-corrected chi connectivity index (χ1v) is 21.2. The van der Waals surface area contributed by atoms with Gasteiger partial charge in [-0.05, 0) is 72.1 Å². The third-order valence-electron chi connectivity index (χ3n) is 8.32. The lowest BCUT2D eigenvalue weighted by Crippen LogP contribution is -2.74. The van der Waals surface area contributed by atoms with Gasteiger partial charge < -0.3 is 24.4 Å². The van der Waals surface area contributed by atoms with Crippen LogP contribution in [0.1, 0.15) is 83.3 Å². The Morgan fingerprint density at radius 1 is 0.948 bits per heavy atom. The maximum atomic E-state index is 14.1. The van der Waals surface area contributed by atoms with Crippen LogP contribution in [0.5, 0.6) is 0 Å². The second-order valence-electron chi connectivity index (χ2n) is 15.8. The minimum atomic E-state index is -1.84. The number of rotatable bonds is 13. The molecule has 1 fully saturated rings. The average molecular weight is 876 g/mol. The van der Waals surface area contributed by atoms with Crippen LogP contribution in [0.3, 0.4) is 0 Å². The molecule has 1 N–H and O–H groups in total. The number of halogens is 2. The molecule has 0 saturated carbocycles. The quantitative estimate of drug-likeness (QED) is 0.0551. The van der Waals surface area contributed by atoms with Gasteiger partial charge in [-0.1, -0.05) is 77.4 Å². The van der Waals surface area contributed by atoms with E-state index >= 15 is 0 Å². The number of oxime groups is 1. The number of β-lactam (4-membered cyclic amide) rings is 1. The fraction of sp³-hybridized carbons (Fsp3) is 0.425. The summed E-state index contributed by atoms with van der Waals surface area (Å²) in [6.45, 7) is 12.9. The molecular formula is C40H44Cl2N4O10S2. The molecule has 14 nitrogen and oxygen atoms in total. The van der Waals surface area contributed by atoms with E-state index in [1.807, 2.05) is 12.1 Å². The van der Waals surface area contributed by atoms with Crippen molar-refractivity contribution in [2.45, 2.75) is 96.1 Å². The number of esters is 3. The van der Waals surface area contributed by atoms with E-state index in [1.165, 1.54) is 13.8 Å². The fourth-order valence-electron chi connectivity index (χ4n) is 5.76. The van der Waals surface area contributed by atoms with E-state index in [4.69, 9.17) is 42.3 Å². The molecule has 1 saturated heterocycles. The molecule has 0 spiro atoms. The number of alkyl halides is 1. The van der Waals surface area contributed by atoms with Crippen LogP contribution in [0.25, 0.3) is 0 Å². The Morgan fingerprint density at radius 2 is 1.52 bits per heavy atom. The number of benzene rings is 2. The van der Waals surface area contributed by atoms with Crippen LogP contribution in [0.4, 0.5) is 0 Å². The van der Waals surface area contributed by atoms with Crippen molar-refractivity contribution in [2.75, 3.05) is 11.6 Å². The highest BCUT2D eigenvalue weighted by Gasteiger charge is 2.58. The van der Waals surface area contributed by atoms with Gasteiger partial charge in [0.15, 0.2) is 11.8 Å². The van der Waals surface area contributed by atoms with Gasteiger partial charge in [0, 0.05) is 5.88 Å². The second-order valence-corrected chi connectivity index (χ2v) is 19.3. The minimum absolute atomic E-state index is 0.0694. The first-order chi connectivity index (χ1) is 27.1. The molecule has 3 heterocycles. The molecule has 5 rings (SSSR count). The number of carbonyl (C=O) groups is 5. The molecule has 1 unspecified atom stereocenters. The van der Waals surface area contributed by atoms with Crippen molar-refractivity contribution >= 4 is 80.8 Å². The van der Waals surface area contributed by atoms with Crippen LogP contribution in [0.2, 0.25) is 4.34 Å². The summed E-state index contributed by atoms with van der Waals surface area (Å²) in [4.78, 5) is 78.7. The maximum absolute atomic E-state index is 14.1. The van der Waals surface area contributed by atoms with E-state index < -0.39 is 80.6 Å². The maximum Gasteiger partial charge on any atom is 0.356 e. The predicted octanol–water partition coefficient (Wildman–Crippen LogP) is 5.76. The number of nitrogens with one attached hydrogen (secondary N) is 1. The molecule has 3 aromatic rings. The summed E-state index contributed by atoms with van der Waals surface area (Å²) >= 11 is 13.7. The zero-order chi connectivity index (χ0) is 42.7. The number of thiazole rings is 1. The number of hydrogen-bond donors (Lipinski definition) is 1. The molecule has 2 aromatic carbocycles. The molecule has 58 heavy (non-hydrogen) atoms. The van der Waals surface area contributed by atoms with Gasteiger partial charge in [-0.2, -0.15) is 0 Å².